The Morgan fingerprint density at radius 2 is 1.64 bits per heavy atom. The number of anilines is 1. The van der Waals surface area contributed by atoms with E-state index in [0.29, 0.717) is 48.1 Å². The summed E-state index contributed by atoms with van der Waals surface area (Å²) in [7, 11) is 0. The van der Waals surface area contributed by atoms with Crippen molar-refractivity contribution < 1.29 is 13.6 Å². The van der Waals surface area contributed by atoms with Gasteiger partial charge in [-0.3, -0.25) is 4.79 Å². The fraction of sp³-hybridized carbons (Fsp3) is 0.238. The molecule has 0 N–H and O–H groups in total. The molecule has 0 saturated carbocycles. The predicted molar refractivity (Wildman–Crippen MR) is 106 cm³/mol. The zero-order chi connectivity index (χ0) is 19.5. The SMILES string of the molecule is O=C(Cc1csc(-c2ccccc2F)n1)N1CCN(c2ccccc2F)CC1. The Morgan fingerprint density at radius 3 is 2.36 bits per heavy atom. The molecule has 0 atom stereocenters. The molecule has 1 aliphatic heterocycles. The van der Waals surface area contributed by atoms with Crippen LogP contribution >= 0.6 is 11.3 Å². The van der Waals surface area contributed by atoms with Gasteiger partial charge in [0.05, 0.1) is 17.8 Å². The van der Waals surface area contributed by atoms with Crippen molar-refractivity contribution in [1.82, 2.24) is 9.88 Å². The summed E-state index contributed by atoms with van der Waals surface area (Å²) in [5.41, 5.74) is 1.66. The Hall–Kier alpha value is -2.80. The summed E-state index contributed by atoms with van der Waals surface area (Å²) >= 11 is 1.33. The molecule has 1 aliphatic rings. The van der Waals surface area contributed by atoms with Crippen LogP contribution in [-0.4, -0.2) is 42.0 Å². The number of para-hydroxylation sites is 1. The first-order valence-corrected chi connectivity index (χ1v) is 9.96. The lowest BCUT2D eigenvalue weighted by molar-refractivity contribution is -0.130. The first-order chi connectivity index (χ1) is 13.6. The van der Waals surface area contributed by atoms with Crippen LogP contribution in [0.1, 0.15) is 5.69 Å². The van der Waals surface area contributed by atoms with Crippen LogP contribution in [-0.2, 0) is 11.2 Å². The molecule has 1 fully saturated rings. The highest BCUT2D eigenvalue weighted by Gasteiger charge is 2.23. The molecule has 4 rings (SSSR count). The van der Waals surface area contributed by atoms with Crippen molar-refractivity contribution in [2.24, 2.45) is 0 Å². The minimum atomic E-state index is -0.320. The second kappa shape index (κ2) is 8.06. The molecule has 3 aromatic rings. The number of amides is 1. The van der Waals surface area contributed by atoms with Crippen molar-refractivity contribution in [3.05, 3.63) is 71.2 Å². The molecule has 1 amide bonds. The number of thiazole rings is 1. The highest BCUT2D eigenvalue weighted by atomic mass is 32.1. The number of benzene rings is 2. The maximum Gasteiger partial charge on any atom is 0.228 e. The number of nitrogens with zero attached hydrogens (tertiary/aromatic N) is 3. The van der Waals surface area contributed by atoms with E-state index >= 15 is 0 Å². The van der Waals surface area contributed by atoms with Gasteiger partial charge >= 0.3 is 0 Å². The lowest BCUT2D eigenvalue weighted by Gasteiger charge is -2.36. The minimum Gasteiger partial charge on any atom is -0.366 e. The topological polar surface area (TPSA) is 36.4 Å². The average molecular weight is 399 g/mol. The number of carbonyl (C=O) groups excluding carboxylic acids is 1. The molecule has 144 valence electrons. The number of carbonyl (C=O) groups is 1. The van der Waals surface area contributed by atoms with Gasteiger partial charge in [0.15, 0.2) is 0 Å². The average Bonchev–Trinajstić information content (AvgIpc) is 3.17. The minimum absolute atomic E-state index is 0.0152. The van der Waals surface area contributed by atoms with Crippen LogP contribution in [0.5, 0.6) is 0 Å². The second-order valence-corrected chi connectivity index (χ2v) is 7.48. The monoisotopic (exact) mass is 399 g/mol. The molecule has 0 aliphatic carbocycles. The van der Waals surface area contributed by atoms with Gasteiger partial charge in [0, 0.05) is 37.1 Å². The number of halogens is 2. The highest BCUT2D eigenvalue weighted by molar-refractivity contribution is 7.13. The third-order valence-electron chi connectivity index (χ3n) is 4.81. The Bertz CT molecular complexity index is 983. The van der Waals surface area contributed by atoms with Gasteiger partial charge in [-0.25, -0.2) is 13.8 Å². The molecule has 1 saturated heterocycles. The third kappa shape index (κ3) is 3.89. The van der Waals surface area contributed by atoms with Gasteiger partial charge in [-0.2, -0.15) is 0 Å². The summed E-state index contributed by atoms with van der Waals surface area (Å²) in [6, 6.07) is 13.2. The van der Waals surface area contributed by atoms with Crippen molar-refractivity contribution in [1.29, 1.82) is 0 Å². The Kier molecular flexibility index (Phi) is 5.34. The maximum absolute atomic E-state index is 13.9. The Morgan fingerprint density at radius 1 is 0.964 bits per heavy atom. The summed E-state index contributed by atoms with van der Waals surface area (Å²) in [5, 5.41) is 2.38. The molecule has 2 aromatic carbocycles. The zero-order valence-electron chi connectivity index (χ0n) is 15.1. The smallest absolute Gasteiger partial charge is 0.228 e. The zero-order valence-corrected chi connectivity index (χ0v) is 16.0. The first kappa shape index (κ1) is 18.6. The largest absolute Gasteiger partial charge is 0.366 e. The van der Waals surface area contributed by atoms with Gasteiger partial charge in [0.25, 0.3) is 0 Å². The van der Waals surface area contributed by atoms with Crippen LogP contribution < -0.4 is 4.90 Å². The van der Waals surface area contributed by atoms with Crippen LogP contribution in [0.2, 0.25) is 0 Å². The molecule has 28 heavy (non-hydrogen) atoms. The normalized spacial score (nSPS) is 14.4. The Labute approximate surface area is 166 Å². The van der Waals surface area contributed by atoms with Gasteiger partial charge in [0.2, 0.25) is 5.91 Å². The van der Waals surface area contributed by atoms with Crippen LogP contribution in [0.4, 0.5) is 14.5 Å². The van der Waals surface area contributed by atoms with Gasteiger partial charge in [-0.1, -0.05) is 24.3 Å². The molecular formula is C21H19F2N3OS. The molecule has 1 aromatic heterocycles. The summed E-state index contributed by atoms with van der Waals surface area (Å²) in [6.07, 6.45) is 0.185. The molecule has 4 nitrogen and oxygen atoms in total. The fourth-order valence-corrected chi connectivity index (χ4v) is 4.16. The van der Waals surface area contributed by atoms with Crippen molar-refractivity contribution in [3.63, 3.8) is 0 Å². The molecule has 0 radical (unpaired) electrons. The summed E-state index contributed by atoms with van der Waals surface area (Å²) < 4.78 is 27.8. The first-order valence-electron chi connectivity index (χ1n) is 9.08. The second-order valence-electron chi connectivity index (χ2n) is 6.62. The number of aromatic nitrogens is 1. The number of hydrogen-bond acceptors (Lipinski definition) is 4. The number of rotatable bonds is 4. The van der Waals surface area contributed by atoms with E-state index in [4.69, 9.17) is 0 Å². The van der Waals surface area contributed by atoms with E-state index < -0.39 is 0 Å². The van der Waals surface area contributed by atoms with Gasteiger partial charge < -0.3 is 9.80 Å². The van der Waals surface area contributed by atoms with E-state index in [2.05, 4.69) is 4.98 Å². The van der Waals surface area contributed by atoms with E-state index in [1.165, 1.54) is 23.5 Å². The van der Waals surface area contributed by atoms with Crippen LogP contribution in [0.15, 0.2) is 53.9 Å². The molecule has 2 heterocycles. The quantitative estimate of drug-likeness (QED) is 0.666. The van der Waals surface area contributed by atoms with Gasteiger partial charge in [0.1, 0.15) is 16.6 Å². The van der Waals surface area contributed by atoms with E-state index in [9.17, 15) is 13.6 Å². The maximum atomic E-state index is 13.9. The van der Waals surface area contributed by atoms with Crippen LogP contribution in [0.25, 0.3) is 10.6 Å². The molecule has 0 spiro atoms. The van der Waals surface area contributed by atoms with Gasteiger partial charge in [-0.15, -0.1) is 11.3 Å². The number of hydrogen-bond donors (Lipinski definition) is 0. The van der Waals surface area contributed by atoms with Crippen molar-refractivity contribution in [2.45, 2.75) is 6.42 Å². The standard InChI is InChI=1S/C21H19F2N3OS/c22-17-6-2-1-5-16(17)21-24-15(14-28-21)13-20(27)26-11-9-25(10-12-26)19-8-4-3-7-18(19)23/h1-8,14H,9-13H2. The lowest BCUT2D eigenvalue weighted by atomic mass is 10.2. The van der Waals surface area contributed by atoms with E-state index in [1.54, 1.807) is 40.6 Å². The fourth-order valence-electron chi connectivity index (χ4n) is 3.32. The van der Waals surface area contributed by atoms with Gasteiger partial charge in [-0.05, 0) is 24.3 Å². The molecule has 0 unspecified atom stereocenters. The van der Waals surface area contributed by atoms with E-state index in [1.807, 2.05) is 11.0 Å². The molecule has 7 heteroatoms. The lowest BCUT2D eigenvalue weighted by Crippen LogP contribution is -2.49. The van der Waals surface area contributed by atoms with E-state index in [-0.39, 0.29) is 24.0 Å². The van der Waals surface area contributed by atoms with Crippen LogP contribution in [0, 0.1) is 11.6 Å². The summed E-state index contributed by atoms with van der Waals surface area (Å²) in [6.45, 7) is 2.25. The van der Waals surface area contributed by atoms with Crippen LogP contribution in [0.3, 0.4) is 0 Å². The van der Waals surface area contributed by atoms with Crippen molar-refractivity contribution in [3.8, 4) is 10.6 Å². The highest BCUT2D eigenvalue weighted by Crippen LogP contribution is 2.26. The van der Waals surface area contributed by atoms with Crippen molar-refractivity contribution in [2.75, 3.05) is 31.1 Å². The summed E-state index contributed by atoms with van der Waals surface area (Å²) in [4.78, 5) is 20.8. The van der Waals surface area contributed by atoms with E-state index in [0.717, 1.165) is 0 Å². The summed E-state index contributed by atoms with van der Waals surface area (Å²) in [5.74, 6) is -0.581. The number of piperazine rings is 1. The third-order valence-corrected chi connectivity index (χ3v) is 5.74. The molecule has 0 bridgehead atoms. The molecular weight excluding hydrogens is 380 g/mol. The van der Waals surface area contributed by atoms with Crippen molar-refractivity contribution >= 4 is 22.9 Å². The predicted octanol–water partition coefficient (Wildman–Crippen LogP) is 3.98. The Balaban J connectivity index is 1.37.